The van der Waals surface area contributed by atoms with Gasteiger partial charge in [0, 0.05) is 23.9 Å². The fourth-order valence-electron chi connectivity index (χ4n) is 3.56. The molecule has 2 aliphatic heterocycles. The molecule has 2 bridgehead atoms. The molecule has 0 aromatic rings. The first-order valence-electron chi connectivity index (χ1n) is 7.74. The molecule has 5 heteroatoms. The summed E-state index contributed by atoms with van der Waals surface area (Å²) in [6, 6.07) is 2.07. The number of rotatable bonds is 7. The summed E-state index contributed by atoms with van der Waals surface area (Å²) in [5, 5.41) is 3.67. The van der Waals surface area contributed by atoms with Crippen LogP contribution in [0.4, 0.5) is 0 Å². The van der Waals surface area contributed by atoms with E-state index >= 15 is 0 Å². The van der Waals surface area contributed by atoms with E-state index in [-0.39, 0.29) is 5.75 Å². The maximum absolute atomic E-state index is 11.5. The first-order valence-corrected chi connectivity index (χ1v) is 9.56. The Balaban J connectivity index is 1.80. The quantitative estimate of drug-likeness (QED) is 0.770. The Bertz CT molecular complexity index is 371. The van der Waals surface area contributed by atoms with Gasteiger partial charge in [-0.05, 0) is 45.2 Å². The molecule has 1 N–H and O–H groups in total. The molecule has 4 nitrogen and oxygen atoms in total. The highest BCUT2D eigenvalue weighted by atomic mass is 32.2. The van der Waals surface area contributed by atoms with Crippen LogP contribution >= 0.6 is 0 Å². The molecular weight excluding hydrogens is 260 g/mol. The molecule has 2 unspecified atom stereocenters. The van der Waals surface area contributed by atoms with Gasteiger partial charge in [-0.1, -0.05) is 13.8 Å². The van der Waals surface area contributed by atoms with E-state index in [1.165, 1.54) is 25.7 Å². The molecule has 0 aromatic carbocycles. The SMILES string of the molecule is CCN(CCCS(=O)(=O)CC)C1CC2CCC(C1)N2. The molecule has 0 amide bonds. The summed E-state index contributed by atoms with van der Waals surface area (Å²) in [5.74, 6) is 0.619. The molecule has 0 aliphatic carbocycles. The highest BCUT2D eigenvalue weighted by Crippen LogP contribution is 2.29. The van der Waals surface area contributed by atoms with Crippen molar-refractivity contribution >= 4 is 9.84 Å². The van der Waals surface area contributed by atoms with Gasteiger partial charge in [0.1, 0.15) is 9.84 Å². The lowest BCUT2D eigenvalue weighted by Crippen LogP contribution is -2.48. The summed E-state index contributed by atoms with van der Waals surface area (Å²) in [4.78, 5) is 2.50. The van der Waals surface area contributed by atoms with Crippen molar-refractivity contribution in [1.82, 2.24) is 10.2 Å². The van der Waals surface area contributed by atoms with E-state index in [0.29, 0.717) is 23.9 Å². The lowest BCUT2D eigenvalue weighted by molar-refractivity contribution is 0.148. The van der Waals surface area contributed by atoms with Crippen molar-refractivity contribution in [3.05, 3.63) is 0 Å². The van der Waals surface area contributed by atoms with E-state index in [0.717, 1.165) is 19.5 Å². The minimum absolute atomic E-state index is 0.274. The van der Waals surface area contributed by atoms with E-state index in [9.17, 15) is 8.42 Å². The molecule has 112 valence electrons. The Hall–Kier alpha value is -0.130. The standard InChI is InChI=1S/C14H28N2O2S/c1-3-16(8-5-9-19(17,18)4-2)14-10-12-6-7-13(11-14)15-12/h12-15H,3-11H2,1-2H3. The average molecular weight is 288 g/mol. The van der Waals surface area contributed by atoms with Gasteiger partial charge in [-0.3, -0.25) is 0 Å². The van der Waals surface area contributed by atoms with E-state index in [4.69, 9.17) is 0 Å². The first kappa shape index (κ1) is 15.3. The molecular formula is C14H28N2O2S. The third kappa shape index (κ3) is 4.17. The zero-order valence-corrected chi connectivity index (χ0v) is 13.1. The molecule has 19 heavy (non-hydrogen) atoms. The van der Waals surface area contributed by atoms with E-state index in [1.54, 1.807) is 6.92 Å². The summed E-state index contributed by atoms with van der Waals surface area (Å²) in [7, 11) is -2.80. The molecule has 2 rings (SSSR count). The van der Waals surface area contributed by atoms with Crippen LogP contribution in [0.2, 0.25) is 0 Å². The van der Waals surface area contributed by atoms with Crippen LogP contribution in [0, 0.1) is 0 Å². The van der Waals surface area contributed by atoms with Crippen molar-refractivity contribution in [2.45, 2.75) is 64.1 Å². The lowest BCUT2D eigenvalue weighted by atomic mass is 9.98. The van der Waals surface area contributed by atoms with Crippen LogP contribution in [-0.2, 0) is 9.84 Å². The largest absolute Gasteiger partial charge is 0.311 e. The Morgan fingerprint density at radius 3 is 2.32 bits per heavy atom. The van der Waals surface area contributed by atoms with Crippen LogP contribution < -0.4 is 5.32 Å². The van der Waals surface area contributed by atoms with Crippen LogP contribution in [-0.4, -0.2) is 56.0 Å². The normalized spacial score (nSPS) is 31.0. The predicted molar refractivity (Wildman–Crippen MR) is 79.2 cm³/mol. The molecule has 0 spiro atoms. The zero-order valence-electron chi connectivity index (χ0n) is 12.3. The van der Waals surface area contributed by atoms with Gasteiger partial charge in [-0.25, -0.2) is 8.42 Å². The van der Waals surface area contributed by atoms with Gasteiger partial charge < -0.3 is 10.2 Å². The summed E-state index contributed by atoms with van der Waals surface area (Å²) in [6.07, 6.45) is 5.91. The Labute approximate surface area is 117 Å². The zero-order chi connectivity index (χ0) is 13.9. The molecule has 2 atom stereocenters. The van der Waals surface area contributed by atoms with Crippen LogP contribution in [0.5, 0.6) is 0 Å². The van der Waals surface area contributed by atoms with Crippen LogP contribution in [0.25, 0.3) is 0 Å². The molecule has 2 saturated heterocycles. The molecule has 0 aromatic heterocycles. The van der Waals surface area contributed by atoms with Crippen molar-refractivity contribution in [2.75, 3.05) is 24.6 Å². The fraction of sp³-hybridized carbons (Fsp3) is 1.00. The topological polar surface area (TPSA) is 49.4 Å². The summed E-state index contributed by atoms with van der Waals surface area (Å²) in [6.45, 7) is 5.89. The second kappa shape index (κ2) is 6.55. The van der Waals surface area contributed by atoms with Gasteiger partial charge in [0.2, 0.25) is 0 Å². The average Bonchev–Trinajstić information content (AvgIpc) is 2.73. The van der Waals surface area contributed by atoms with E-state index in [2.05, 4.69) is 17.1 Å². The number of hydrogen-bond donors (Lipinski definition) is 1. The minimum Gasteiger partial charge on any atom is -0.311 e. The number of fused-ring (bicyclic) bond motifs is 2. The van der Waals surface area contributed by atoms with Crippen LogP contribution in [0.1, 0.15) is 46.0 Å². The van der Waals surface area contributed by atoms with Crippen molar-refractivity contribution < 1.29 is 8.42 Å². The van der Waals surface area contributed by atoms with Crippen molar-refractivity contribution in [1.29, 1.82) is 0 Å². The number of sulfone groups is 1. The lowest BCUT2D eigenvalue weighted by Gasteiger charge is -2.37. The minimum atomic E-state index is -2.80. The summed E-state index contributed by atoms with van der Waals surface area (Å²) < 4.78 is 23.1. The smallest absolute Gasteiger partial charge is 0.150 e. The Morgan fingerprint density at radius 1 is 1.16 bits per heavy atom. The second-order valence-electron chi connectivity index (χ2n) is 5.98. The maximum Gasteiger partial charge on any atom is 0.150 e. The highest BCUT2D eigenvalue weighted by molar-refractivity contribution is 7.91. The number of nitrogens with one attached hydrogen (secondary N) is 1. The maximum atomic E-state index is 11.5. The van der Waals surface area contributed by atoms with E-state index in [1.807, 2.05) is 0 Å². The van der Waals surface area contributed by atoms with Gasteiger partial charge >= 0.3 is 0 Å². The van der Waals surface area contributed by atoms with Gasteiger partial charge in [-0.15, -0.1) is 0 Å². The van der Waals surface area contributed by atoms with Gasteiger partial charge in [-0.2, -0.15) is 0 Å². The third-order valence-electron chi connectivity index (χ3n) is 4.71. The molecule has 2 aliphatic rings. The Kier molecular flexibility index (Phi) is 5.26. The summed E-state index contributed by atoms with van der Waals surface area (Å²) in [5.41, 5.74) is 0. The van der Waals surface area contributed by atoms with Crippen molar-refractivity contribution in [3.8, 4) is 0 Å². The molecule has 2 heterocycles. The number of piperidine rings is 1. The third-order valence-corrected chi connectivity index (χ3v) is 6.50. The van der Waals surface area contributed by atoms with Crippen LogP contribution in [0.15, 0.2) is 0 Å². The first-order chi connectivity index (χ1) is 9.04. The van der Waals surface area contributed by atoms with Crippen molar-refractivity contribution in [3.63, 3.8) is 0 Å². The Morgan fingerprint density at radius 2 is 1.79 bits per heavy atom. The van der Waals surface area contributed by atoms with Gasteiger partial charge in [0.25, 0.3) is 0 Å². The monoisotopic (exact) mass is 288 g/mol. The van der Waals surface area contributed by atoms with E-state index < -0.39 is 9.84 Å². The number of hydrogen-bond acceptors (Lipinski definition) is 4. The number of nitrogens with zero attached hydrogens (tertiary/aromatic N) is 1. The molecule has 0 saturated carbocycles. The van der Waals surface area contributed by atoms with Gasteiger partial charge in [0.15, 0.2) is 0 Å². The molecule has 2 fully saturated rings. The second-order valence-corrected chi connectivity index (χ2v) is 8.45. The predicted octanol–water partition coefficient (Wildman–Crippen LogP) is 1.42. The summed E-state index contributed by atoms with van der Waals surface area (Å²) >= 11 is 0. The van der Waals surface area contributed by atoms with Gasteiger partial charge in [0.05, 0.1) is 5.75 Å². The van der Waals surface area contributed by atoms with Crippen LogP contribution in [0.3, 0.4) is 0 Å². The van der Waals surface area contributed by atoms with Crippen molar-refractivity contribution in [2.24, 2.45) is 0 Å². The molecule has 0 radical (unpaired) electrons. The fourth-order valence-corrected chi connectivity index (χ4v) is 4.41. The highest BCUT2D eigenvalue weighted by Gasteiger charge is 2.35.